The van der Waals surface area contributed by atoms with Crippen molar-refractivity contribution in [2.75, 3.05) is 19.0 Å². The highest BCUT2D eigenvalue weighted by Gasteiger charge is 2.01. The molecule has 0 N–H and O–H groups in total. The van der Waals surface area contributed by atoms with Crippen molar-refractivity contribution in [3.8, 4) is 0 Å². The van der Waals surface area contributed by atoms with Gasteiger partial charge in [-0.05, 0) is 24.3 Å². The van der Waals surface area contributed by atoms with Crippen LogP contribution in [0.25, 0.3) is 0 Å². The standard InChI is InChI=1S/C14H14BrN3S/c1-17(2)13-7-9-18(10-8-13)14(19)16-12-5-3-11(15)4-6-12/h3-10H,1-2H3. The first-order valence-corrected chi connectivity index (χ1v) is 6.96. The van der Waals surface area contributed by atoms with Crippen molar-refractivity contribution in [2.24, 2.45) is 4.99 Å². The topological polar surface area (TPSA) is 19.5 Å². The molecule has 0 fully saturated rings. The highest BCUT2D eigenvalue weighted by Crippen LogP contribution is 2.16. The summed E-state index contributed by atoms with van der Waals surface area (Å²) in [5.74, 6) is 0. The fourth-order valence-corrected chi connectivity index (χ4v) is 2.02. The fourth-order valence-electron chi connectivity index (χ4n) is 1.53. The van der Waals surface area contributed by atoms with Gasteiger partial charge in [-0.25, -0.2) is 4.57 Å². The summed E-state index contributed by atoms with van der Waals surface area (Å²) < 4.78 is 2.85. The average molecular weight is 336 g/mol. The van der Waals surface area contributed by atoms with Crippen LogP contribution in [0, 0.1) is 0 Å². The van der Waals surface area contributed by atoms with Crippen LogP contribution in [0.5, 0.6) is 0 Å². The monoisotopic (exact) mass is 335 g/mol. The van der Waals surface area contributed by atoms with E-state index >= 15 is 0 Å². The van der Waals surface area contributed by atoms with E-state index in [1.165, 1.54) is 0 Å². The fraction of sp³-hybridized carbons (Fsp3) is 0.143. The molecule has 0 bridgehead atoms. The lowest BCUT2D eigenvalue weighted by Gasteiger charge is -2.12. The third kappa shape index (κ3) is 3.75. The Balaban J connectivity index is 2.23. The van der Waals surface area contributed by atoms with Gasteiger partial charge in [0.15, 0.2) is 10.9 Å². The molecular weight excluding hydrogens is 322 g/mol. The highest BCUT2D eigenvalue weighted by molar-refractivity contribution is 9.10. The summed E-state index contributed by atoms with van der Waals surface area (Å²) in [4.78, 5) is 6.45. The average Bonchev–Trinajstić information content (AvgIpc) is 2.41. The molecule has 2 aromatic rings. The van der Waals surface area contributed by atoms with Crippen molar-refractivity contribution in [1.29, 1.82) is 0 Å². The second-order valence-corrected chi connectivity index (χ2v) is 5.51. The maximum absolute atomic E-state index is 5.32. The molecule has 5 heteroatoms. The molecule has 98 valence electrons. The molecule has 0 amide bonds. The van der Waals surface area contributed by atoms with E-state index in [4.69, 9.17) is 12.6 Å². The molecular formula is C14H14BrN3S. The predicted molar refractivity (Wildman–Crippen MR) is 85.0 cm³/mol. The van der Waals surface area contributed by atoms with Gasteiger partial charge in [0.25, 0.3) is 0 Å². The Bertz CT molecular complexity index is 577. The van der Waals surface area contributed by atoms with Gasteiger partial charge in [0.2, 0.25) is 0 Å². The van der Waals surface area contributed by atoms with Gasteiger partial charge in [-0.2, -0.15) is 0 Å². The van der Waals surface area contributed by atoms with Crippen molar-refractivity contribution in [3.63, 3.8) is 0 Å². The molecule has 0 saturated carbocycles. The van der Waals surface area contributed by atoms with Crippen LogP contribution in [0.3, 0.4) is 0 Å². The molecule has 0 unspecified atom stereocenters. The molecule has 0 aliphatic heterocycles. The molecule has 0 aliphatic rings. The van der Waals surface area contributed by atoms with Crippen LogP contribution in [-0.4, -0.2) is 19.3 Å². The second kappa shape index (κ2) is 6.12. The van der Waals surface area contributed by atoms with E-state index < -0.39 is 0 Å². The Hall–Kier alpha value is -1.46. The van der Waals surface area contributed by atoms with Crippen LogP contribution in [0.15, 0.2) is 58.3 Å². The molecule has 19 heavy (non-hydrogen) atoms. The zero-order valence-electron chi connectivity index (χ0n) is 10.7. The van der Waals surface area contributed by atoms with Crippen molar-refractivity contribution in [3.05, 3.63) is 53.3 Å². The summed E-state index contributed by atoms with van der Waals surface area (Å²) in [7, 11) is 4.01. The van der Waals surface area contributed by atoms with Crippen LogP contribution >= 0.6 is 15.9 Å². The number of rotatable bonds is 2. The third-order valence-corrected chi connectivity index (χ3v) is 3.43. The van der Waals surface area contributed by atoms with Crippen LogP contribution in [0.1, 0.15) is 0 Å². The molecule has 3 nitrogen and oxygen atoms in total. The quantitative estimate of drug-likeness (QED) is 0.364. The van der Waals surface area contributed by atoms with E-state index in [1.54, 1.807) is 0 Å². The summed E-state index contributed by atoms with van der Waals surface area (Å²) in [6.07, 6.45) is 3.83. The number of aromatic nitrogens is 1. The number of hydrogen-bond donors (Lipinski definition) is 0. The summed E-state index contributed by atoms with van der Waals surface area (Å²) in [6, 6.07) is 11.7. The third-order valence-electron chi connectivity index (χ3n) is 2.60. The van der Waals surface area contributed by atoms with E-state index in [9.17, 15) is 0 Å². The Labute approximate surface area is 127 Å². The zero-order chi connectivity index (χ0) is 13.8. The van der Waals surface area contributed by atoms with Gasteiger partial charge in [0.1, 0.15) is 0 Å². The first kappa shape index (κ1) is 14.0. The zero-order valence-corrected chi connectivity index (χ0v) is 13.1. The summed E-state index contributed by atoms with van der Waals surface area (Å²) in [5, 5.41) is 0.521. The molecule has 0 radical (unpaired) electrons. The van der Waals surface area contributed by atoms with Gasteiger partial charge in [0, 0.05) is 36.4 Å². The van der Waals surface area contributed by atoms with Gasteiger partial charge in [0.05, 0.1) is 12.4 Å². The van der Waals surface area contributed by atoms with Crippen molar-refractivity contribution < 1.29 is 4.57 Å². The number of nitrogens with zero attached hydrogens (tertiary/aromatic N) is 3. The summed E-state index contributed by atoms with van der Waals surface area (Å²) >= 11 is 8.71. The SMILES string of the molecule is CN(C)c1cc[n+](C([S-])=Nc2ccc(Br)cc2)cc1. The molecule has 2 rings (SSSR count). The lowest BCUT2D eigenvalue weighted by Crippen LogP contribution is -2.40. The van der Waals surface area contributed by atoms with Gasteiger partial charge in [-0.3, -0.25) is 0 Å². The maximum Gasteiger partial charge on any atom is 0.186 e. The van der Waals surface area contributed by atoms with E-state index in [2.05, 4.69) is 20.9 Å². The number of anilines is 1. The Morgan fingerprint density at radius 1 is 1.11 bits per heavy atom. The Morgan fingerprint density at radius 3 is 2.21 bits per heavy atom. The van der Waals surface area contributed by atoms with E-state index in [0.29, 0.717) is 5.17 Å². The minimum absolute atomic E-state index is 0.521. The lowest BCUT2D eigenvalue weighted by atomic mass is 10.3. The van der Waals surface area contributed by atoms with Crippen LogP contribution in [0.4, 0.5) is 11.4 Å². The molecule has 1 aromatic heterocycles. The maximum atomic E-state index is 5.32. The van der Waals surface area contributed by atoms with Gasteiger partial charge >= 0.3 is 0 Å². The van der Waals surface area contributed by atoms with Crippen LogP contribution in [-0.2, 0) is 12.6 Å². The smallest absolute Gasteiger partial charge is 0.186 e. The first-order valence-electron chi connectivity index (χ1n) is 5.76. The molecule has 0 atom stereocenters. The van der Waals surface area contributed by atoms with Gasteiger partial charge in [-0.1, -0.05) is 20.9 Å². The van der Waals surface area contributed by atoms with Crippen molar-refractivity contribution >= 4 is 45.1 Å². The predicted octanol–water partition coefficient (Wildman–Crippen LogP) is 2.89. The second-order valence-electron chi connectivity index (χ2n) is 4.23. The molecule has 1 aromatic carbocycles. The largest absolute Gasteiger partial charge is 0.687 e. The van der Waals surface area contributed by atoms with E-state index in [1.807, 2.05) is 72.4 Å². The summed E-state index contributed by atoms with van der Waals surface area (Å²) in [5.41, 5.74) is 1.97. The van der Waals surface area contributed by atoms with Gasteiger partial charge in [-0.15, -0.1) is 0 Å². The van der Waals surface area contributed by atoms with Crippen molar-refractivity contribution in [2.45, 2.75) is 0 Å². The molecule has 1 heterocycles. The summed E-state index contributed by atoms with van der Waals surface area (Å²) in [6.45, 7) is 0. The minimum atomic E-state index is 0.521. The van der Waals surface area contributed by atoms with Crippen molar-refractivity contribution in [1.82, 2.24) is 0 Å². The molecule has 0 saturated heterocycles. The number of halogens is 1. The molecule has 0 spiro atoms. The Morgan fingerprint density at radius 2 is 1.68 bits per heavy atom. The highest BCUT2D eigenvalue weighted by atomic mass is 79.9. The lowest BCUT2D eigenvalue weighted by molar-refractivity contribution is -0.549. The minimum Gasteiger partial charge on any atom is -0.687 e. The first-order chi connectivity index (χ1) is 9.06. The number of aliphatic imine (C=N–C) groups is 1. The number of benzene rings is 1. The number of hydrogen-bond acceptors (Lipinski definition) is 3. The number of pyridine rings is 1. The normalized spacial score (nSPS) is 11.4. The van der Waals surface area contributed by atoms with E-state index in [-0.39, 0.29) is 0 Å². The molecule has 0 aliphatic carbocycles. The van der Waals surface area contributed by atoms with Crippen LogP contribution < -0.4 is 9.47 Å². The van der Waals surface area contributed by atoms with E-state index in [0.717, 1.165) is 15.8 Å². The van der Waals surface area contributed by atoms with Gasteiger partial charge < -0.3 is 17.5 Å². The Kier molecular flexibility index (Phi) is 4.50. The van der Waals surface area contributed by atoms with Crippen LogP contribution in [0.2, 0.25) is 0 Å².